The number of hydrogen-bond donors (Lipinski definition) is 1. The van der Waals surface area contributed by atoms with E-state index in [4.69, 9.17) is 0 Å². The van der Waals surface area contributed by atoms with E-state index in [1.54, 1.807) is 6.20 Å². The fourth-order valence-corrected chi connectivity index (χ4v) is 2.97. The molecule has 0 aliphatic carbocycles. The summed E-state index contributed by atoms with van der Waals surface area (Å²) in [4.78, 5) is 8.88. The fraction of sp³-hybridized carbons (Fsp3) is 0.0588. The molecule has 0 aliphatic rings. The molecule has 4 rings (SSSR count). The lowest BCUT2D eigenvalue weighted by Gasteiger charge is -2.09. The number of rotatable bonds is 2. The van der Waals surface area contributed by atoms with E-state index in [1.165, 1.54) is 16.3 Å². The molecule has 4 heteroatoms. The van der Waals surface area contributed by atoms with Crippen LogP contribution in [0.4, 0.5) is 0 Å². The summed E-state index contributed by atoms with van der Waals surface area (Å²) in [6.45, 7) is 0.716. The summed E-state index contributed by atoms with van der Waals surface area (Å²) in [6.07, 6.45) is 1.79. The van der Waals surface area contributed by atoms with Gasteiger partial charge in [-0.15, -0.1) is 12.6 Å². The first-order chi connectivity index (χ1) is 10.3. The molecule has 2 aromatic carbocycles. The van der Waals surface area contributed by atoms with Gasteiger partial charge in [0.2, 0.25) is 0 Å². The van der Waals surface area contributed by atoms with Crippen LogP contribution in [0.15, 0.2) is 66.0 Å². The van der Waals surface area contributed by atoms with Crippen LogP contribution >= 0.6 is 12.6 Å². The second-order valence-corrected chi connectivity index (χ2v) is 5.38. The summed E-state index contributed by atoms with van der Waals surface area (Å²) in [5, 5.41) is 3.19. The summed E-state index contributed by atoms with van der Waals surface area (Å²) in [5.74, 6) is 0. The molecule has 0 saturated heterocycles. The molecule has 21 heavy (non-hydrogen) atoms. The normalized spacial score (nSPS) is 11.3. The molecule has 102 valence electrons. The molecule has 0 fully saturated rings. The molecule has 0 bridgehead atoms. The van der Waals surface area contributed by atoms with E-state index in [9.17, 15) is 0 Å². The van der Waals surface area contributed by atoms with Crippen molar-refractivity contribution in [3.8, 4) is 0 Å². The van der Waals surface area contributed by atoms with E-state index in [2.05, 4.69) is 65.1 Å². The topological polar surface area (TPSA) is 30.7 Å². The largest absolute Gasteiger partial charge is 0.299 e. The summed E-state index contributed by atoms with van der Waals surface area (Å²) >= 11 is 4.49. The van der Waals surface area contributed by atoms with Crippen molar-refractivity contribution in [3.63, 3.8) is 0 Å². The van der Waals surface area contributed by atoms with E-state index in [-0.39, 0.29) is 0 Å². The van der Waals surface area contributed by atoms with Crippen LogP contribution in [-0.2, 0) is 6.54 Å². The van der Waals surface area contributed by atoms with Crippen LogP contribution in [0.3, 0.4) is 0 Å². The highest BCUT2D eigenvalue weighted by molar-refractivity contribution is 7.80. The summed E-state index contributed by atoms with van der Waals surface area (Å²) in [7, 11) is 0. The number of nitrogens with zero attached hydrogens (tertiary/aromatic N) is 3. The van der Waals surface area contributed by atoms with Gasteiger partial charge in [-0.2, -0.15) is 0 Å². The van der Waals surface area contributed by atoms with Crippen molar-refractivity contribution in [1.82, 2.24) is 14.5 Å². The SMILES string of the molecule is Sc1nc2cccnc2n1Cc1cccc2ccccc12. The Kier molecular flexibility index (Phi) is 2.89. The third kappa shape index (κ3) is 2.08. The highest BCUT2D eigenvalue weighted by Gasteiger charge is 2.10. The zero-order valence-corrected chi connectivity index (χ0v) is 12.2. The number of hydrogen-bond acceptors (Lipinski definition) is 3. The number of benzene rings is 2. The highest BCUT2D eigenvalue weighted by atomic mass is 32.1. The molecule has 0 spiro atoms. The minimum Gasteiger partial charge on any atom is -0.299 e. The van der Waals surface area contributed by atoms with Crippen molar-refractivity contribution in [2.75, 3.05) is 0 Å². The lowest BCUT2D eigenvalue weighted by atomic mass is 10.0. The maximum absolute atomic E-state index is 4.49. The average molecular weight is 291 g/mol. The maximum Gasteiger partial charge on any atom is 0.167 e. The molecule has 2 heterocycles. The van der Waals surface area contributed by atoms with E-state index in [1.807, 2.05) is 16.7 Å². The molecule has 3 nitrogen and oxygen atoms in total. The molecule has 0 N–H and O–H groups in total. The Morgan fingerprint density at radius 1 is 0.952 bits per heavy atom. The third-order valence-corrected chi connectivity index (χ3v) is 4.03. The van der Waals surface area contributed by atoms with Crippen LogP contribution in [0.25, 0.3) is 21.9 Å². The molecule has 2 aromatic heterocycles. The molecule has 0 unspecified atom stereocenters. The van der Waals surface area contributed by atoms with E-state index >= 15 is 0 Å². The lowest BCUT2D eigenvalue weighted by molar-refractivity contribution is 0.730. The van der Waals surface area contributed by atoms with Crippen LogP contribution in [0.1, 0.15) is 5.56 Å². The van der Waals surface area contributed by atoms with Crippen molar-refractivity contribution < 1.29 is 0 Å². The van der Waals surface area contributed by atoms with Gasteiger partial charge in [-0.1, -0.05) is 42.5 Å². The predicted molar refractivity (Wildman–Crippen MR) is 87.8 cm³/mol. The molecule has 0 aliphatic heterocycles. The zero-order chi connectivity index (χ0) is 14.2. The van der Waals surface area contributed by atoms with Crippen molar-refractivity contribution >= 4 is 34.6 Å². The van der Waals surface area contributed by atoms with Crippen LogP contribution in [0, 0.1) is 0 Å². The van der Waals surface area contributed by atoms with E-state index < -0.39 is 0 Å². The van der Waals surface area contributed by atoms with Gasteiger partial charge in [0.15, 0.2) is 10.8 Å². The first kappa shape index (κ1) is 12.4. The van der Waals surface area contributed by atoms with Crippen LogP contribution < -0.4 is 0 Å². The van der Waals surface area contributed by atoms with Gasteiger partial charge in [0.25, 0.3) is 0 Å². The van der Waals surface area contributed by atoms with Crippen LogP contribution in [0.5, 0.6) is 0 Å². The Bertz CT molecular complexity index is 938. The van der Waals surface area contributed by atoms with Gasteiger partial charge in [-0.3, -0.25) is 4.57 Å². The van der Waals surface area contributed by atoms with Gasteiger partial charge in [-0.05, 0) is 28.5 Å². The predicted octanol–water partition coefficient (Wildman–Crippen LogP) is 3.92. The van der Waals surface area contributed by atoms with Gasteiger partial charge < -0.3 is 0 Å². The summed E-state index contributed by atoms with van der Waals surface area (Å²) in [5.41, 5.74) is 2.99. The Labute approximate surface area is 127 Å². The van der Waals surface area contributed by atoms with Gasteiger partial charge in [0.1, 0.15) is 5.52 Å². The second-order valence-electron chi connectivity index (χ2n) is 4.98. The van der Waals surface area contributed by atoms with Crippen molar-refractivity contribution in [3.05, 3.63) is 66.4 Å². The minimum absolute atomic E-state index is 0.691. The monoisotopic (exact) mass is 291 g/mol. The van der Waals surface area contributed by atoms with E-state index in [0.29, 0.717) is 11.7 Å². The Morgan fingerprint density at radius 2 is 1.81 bits per heavy atom. The molecule has 0 radical (unpaired) electrons. The van der Waals surface area contributed by atoms with Crippen molar-refractivity contribution in [1.29, 1.82) is 0 Å². The first-order valence-corrected chi connectivity index (χ1v) is 7.24. The van der Waals surface area contributed by atoms with Gasteiger partial charge >= 0.3 is 0 Å². The number of aromatic nitrogens is 3. The Hall–Kier alpha value is -2.33. The van der Waals surface area contributed by atoms with Gasteiger partial charge in [-0.25, -0.2) is 9.97 Å². The smallest absolute Gasteiger partial charge is 0.167 e. The Morgan fingerprint density at radius 3 is 2.76 bits per heavy atom. The molecular formula is C17H13N3S. The fourth-order valence-electron chi connectivity index (χ4n) is 2.69. The van der Waals surface area contributed by atoms with Crippen molar-refractivity contribution in [2.24, 2.45) is 0 Å². The van der Waals surface area contributed by atoms with Crippen LogP contribution in [0.2, 0.25) is 0 Å². The number of fused-ring (bicyclic) bond motifs is 2. The highest BCUT2D eigenvalue weighted by Crippen LogP contribution is 2.23. The number of pyridine rings is 1. The molecule has 0 saturated carbocycles. The molecule has 0 atom stereocenters. The molecular weight excluding hydrogens is 278 g/mol. The maximum atomic E-state index is 4.49. The van der Waals surface area contributed by atoms with Crippen molar-refractivity contribution in [2.45, 2.75) is 11.7 Å². The lowest BCUT2D eigenvalue weighted by Crippen LogP contribution is -2.02. The third-order valence-electron chi connectivity index (χ3n) is 3.69. The average Bonchev–Trinajstić information content (AvgIpc) is 2.84. The quantitative estimate of drug-likeness (QED) is 0.567. The number of thiol groups is 1. The standard InChI is InChI=1S/C17H13N3S/c21-17-19-15-9-4-10-18-16(15)20(17)11-13-7-3-6-12-5-1-2-8-14(12)13/h1-10H,11H2,(H,19,21). The Balaban J connectivity index is 1.89. The van der Waals surface area contributed by atoms with Gasteiger partial charge in [0, 0.05) is 6.20 Å². The molecule has 4 aromatic rings. The number of imidazole rings is 1. The summed E-state index contributed by atoms with van der Waals surface area (Å²) < 4.78 is 2.04. The van der Waals surface area contributed by atoms with E-state index in [0.717, 1.165) is 11.2 Å². The summed E-state index contributed by atoms with van der Waals surface area (Å²) in [6, 6.07) is 18.6. The first-order valence-electron chi connectivity index (χ1n) is 6.80. The second kappa shape index (κ2) is 4.90. The minimum atomic E-state index is 0.691. The zero-order valence-electron chi connectivity index (χ0n) is 11.3. The van der Waals surface area contributed by atoms with Gasteiger partial charge in [0.05, 0.1) is 6.54 Å². The molecule has 0 amide bonds. The van der Waals surface area contributed by atoms with Crippen LogP contribution in [-0.4, -0.2) is 14.5 Å².